The summed E-state index contributed by atoms with van der Waals surface area (Å²) >= 11 is 0. The van der Waals surface area contributed by atoms with Gasteiger partial charge in [-0.25, -0.2) is 4.79 Å². The highest BCUT2D eigenvalue weighted by atomic mass is 16.2. The van der Waals surface area contributed by atoms with Crippen molar-refractivity contribution in [2.45, 2.75) is 59.5 Å². The molecule has 3 amide bonds. The zero-order chi connectivity index (χ0) is 18.3. The number of imide groups is 1. The van der Waals surface area contributed by atoms with Crippen molar-refractivity contribution in [3.63, 3.8) is 0 Å². The molecule has 0 spiro atoms. The predicted molar refractivity (Wildman–Crippen MR) is 96.6 cm³/mol. The van der Waals surface area contributed by atoms with Crippen molar-refractivity contribution >= 4 is 11.9 Å². The molecule has 1 aromatic rings. The standard InChI is InChI=1S/C19H31N3O2/c1-7-14-8-10-15(11-9-14)17(13(2)3)20-12-16(23)21-18(24)22-19(4,5)6/h8-11,13,17,20H,7,12H2,1-6H3,(H2,21,22,23,24)/p+1/t17-/m0/s1. The van der Waals surface area contributed by atoms with Gasteiger partial charge in [0.1, 0.15) is 6.04 Å². The number of benzene rings is 1. The molecule has 0 saturated carbocycles. The molecule has 5 heteroatoms. The van der Waals surface area contributed by atoms with E-state index in [-0.39, 0.29) is 24.0 Å². The molecule has 0 unspecified atom stereocenters. The van der Waals surface area contributed by atoms with Crippen LogP contribution in [0.4, 0.5) is 4.79 Å². The van der Waals surface area contributed by atoms with Gasteiger partial charge in [0.2, 0.25) is 0 Å². The molecule has 1 atom stereocenters. The Kier molecular flexibility index (Phi) is 7.42. The molecular weight excluding hydrogens is 302 g/mol. The number of quaternary nitrogens is 1. The first-order valence-corrected chi connectivity index (χ1v) is 8.66. The van der Waals surface area contributed by atoms with Gasteiger partial charge in [-0.1, -0.05) is 45.0 Å². The zero-order valence-corrected chi connectivity index (χ0v) is 15.8. The molecule has 0 aliphatic rings. The summed E-state index contributed by atoms with van der Waals surface area (Å²) in [7, 11) is 0. The highest BCUT2D eigenvalue weighted by Crippen LogP contribution is 2.18. The zero-order valence-electron chi connectivity index (χ0n) is 15.8. The average molecular weight is 334 g/mol. The molecule has 0 fully saturated rings. The van der Waals surface area contributed by atoms with Crippen LogP contribution in [0.25, 0.3) is 0 Å². The Morgan fingerprint density at radius 3 is 2.17 bits per heavy atom. The van der Waals surface area contributed by atoms with Crippen LogP contribution in [0.3, 0.4) is 0 Å². The van der Waals surface area contributed by atoms with Gasteiger partial charge in [0.25, 0.3) is 5.91 Å². The minimum absolute atomic E-state index is 0.187. The smallest absolute Gasteiger partial charge is 0.322 e. The first-order chi connectivity index (χ1) is 11.1. The maximum atomic E-state index is 12.0. The quantitative estimate of drug-likeness (QED) is 0.745. The summed E-state index contributed by atoms with van der Waals surface area (Å²) in [4.78, 5) is 23.7. The number of nitrogens with two attached hydrogens (primary N) is 1. The fourth-order valence-electron chi connectivity index (χ4n) is 2.55. The summed E-state index contributed by atoms with van der Waals surface area (Å²) in [6.45, 7) is 12.2. The monoisotopic (exact) mass is 334 g/mol. The largest absolute Gasteiger partial charge is 0.333 e. The number of amides is 3. The number of nitrogens with one attached hydrogen (secondary N) is 2. The normalized spacial score (nSPS) is 12.8. The number of carbonyl (C=O) groups excluding carboxylic acids is 2. The molecule has 0 saturated heterocycles. The van der Waals surface area contributed by atoms with Crippen LogP contribution < -0.4 is 16.0 Å². The van der Waals surface area contributed by atoms with Gasteiger partial charge in [0, 0.05) is 17.0 Å². The molecule has 0 bridgehead atoms. The summed E-state index contributed by atoms with van der Waals surface area (Å²) in [6, 6.07) is 8.26. The number of hydrogen-bond acceptors (Lipinski definition) is 2. The molecule has 4 N–H and O–H groups in total. The predicted octanol–water partition coefficient (Wildman–Crippen LogP) is 2.13. The van der Waals surface area contributed by atoms with Gasteiger partial charge < -0.3 is 10.6 Å². The van der Waals surface area contributed by atoms with Gasteiger partial charge in [0.15, 0.2) is 6.54 Å². The Labute approximate surface area is 145 Å². The van der Waals surface area contributed by atoms with Crippen LogP contribution in [0.5, 0.6) is 0 Å². The molecule has 0 aromatic heterocycles. The van der Waals surface area contributed by atoms with E-state index in [1.54, 1.807) is 0 Å². The van der Waals surface area contributed by atoms with Gasteiger partial charge >= 0.3 is 6.03 Å². The summed E-state index contributed by atoms with van der Waals surface area (Å²) in [5.41, 5.74) is 2.14. The fraction of sp³-hybridized carbons (Fsp3) is 0.579. The number of rotatable bonds is 6. The van der Waals surface area contributed by atoms with E-state index in [2.05, 4.69) is 55.7 Å². The van der Waals surface area contributed by atoms with Crippen LogP contribution in [0.2, 0.25) is 0 Å². The van der Waals surface area contributed by atoms with Crippen LogP contribution in [-0.2, 0) is 11.2 Å². The highest BCUT2D eigenvalue weighted by Gasteiger charge is 2.22. The van der Waals surface area contributed by atoms with Crippen molar-refractivity contribution in [2.75, 3.05) is 6.54 Å². The van der Waals surface area contributed by atoms with E-state index in [4.69, 9.17) is 0 Å². The third-order valence-electron chi connectivity index (χ3n) is 3.79. The van der Waals surface area contributed by atoms with E-state index in [1.165, 1.54) is 11.1 Å². The lowest BCUT2D eigenvalue weighted by molar-refractivity contribution is -0.692. The SMILES string of the molecule is CCc1ccc([C@@H]([NH2+]CC(=O)NC(=O)NC(C)(C)C)C(C)C)cc1. The summed E-state index contributed by atoms with van der Waals surface area (Å²) in [6.07, 6.45) is 1.02. The molecule has 24 heavy (non-hydrogen) atoms. The van der Waals surface area contributed by atoms with Crippen LogP contribution in [0, 0.1) is 5.92 Å². The van der Waals surface area contributed by atoms with Crippen LogP contribution in [-0.4, -0.2) is 24.0 Å². The minimum Gasteiger partial charge on any atom is -0.333 e. The average Bonchev–Trinajstić information content (AvgIpc) is 2.45. The second-order valence-electron chi connectivity index (χ2n) is 7.56. The Morgan fingerprint density at radius 1 is 1.12 bits per heavy atom. The second kappa shape index (κ2) is 8.83. The van der Waals surface area contributed by atoms with Crippen molar-refractivity contribution < 1.29 is 14.9 Å². The summed E-state index contributed by atoms with van der Waals surface area (Å²) in [5, 5.41) is 7.09. The van der Waals surface area contributed by atoms with E-state index >= 15 is 0 Å². The minimum atomic E-state index is -0.450. The van der Waals surface area contributed by atoms with Gasteiger partial charge in [-0.05, 0) is 32.8 Å². The number of aryl methyl sites for hydroxylation is 1. The molecule has 5 nitrogen and oxygen atoms in total. The Hall–Kier alpha value is -1.88. The Balaban J connectivity index is 2.60. The Bertz CT molecular complexity index is 545. The fourth-order valence-corrected chi connectivity index (χ4v) is 2.55. The van der Waals surface area contributed by atoms with Crippen LogP contribution in [0.1, 0.15) is 58.7 Å². The molecule has 0 aliphatic heterocycles. The molecule has 0 radical (unpaired) electrons. The van der Waals surface area contributed by atoms with Crippen LogP contribution >= 0.6 is 0 Å². The van der Waals surface area contributed by atoms with Crippen molar-refractivity contribution in [3.05, 3.63) is 35.4 Å². The molecule has 1 rings (SSSR count). The lowest BCUT2D eigenvalue weighted by Gasteiger charge is -2.21. The molecular formula is C19H32N3O2+. The van der Waals surface area contributed by atoms with Gasteiger partial charge in [0.05, 0.1) is 0 Å². The van der Waals surface area contributed by atoms with Crippen molar-refractivity contribution in [2.24, 2.45) is 5.92 Å². The van der Waals surface area contributed by atoms with E-state index in [1.807, 2.05) is 26.1 Å². The van der Waals surface area contributed by atoms with Gasteiger partial charge in [-0.3, -0.25) is 10.1 Å². The van der Waals surface area contributed by atoms with Crippen molar-refractivity contribution in [3.8, 4) is 0 Å². The first kappa shape index (κ1) is 20.2. The van der Waals surface area contributed by atoms with Crippen LogP contribution in [0.15, 0.2) is 24.3 Å². The number of carbonyl (C=O) groups is 2. The van der Waals surface area contributed by atoms with Gasteiger partial charge in [-0.15, -0.1) is 0 Å². The third kappa shape index (κ3) is 7.13. The lowest BCUT2D eigenvalue weighted by Crippen LogP contribution is -2.88. The van der Waals surface area contributed by atoms with Gasteiger partial charge in [-0.2, -0.15) is 0 Å². The summed E-state index contributed by atoms with van der Waals surface area (Å²) in [5.74, 6) is 0.0984. The number of hydrogen-bond donors (Lipinski definition) is 3. The maximum absolute atomic E-state index is 12.0. The molecule has 1 aromatic carbocycles. The van der Waals surface area contributed by atoms with E-state index < -0.39 is 6.03 Å². The maximum Gasteiger partial charge on any atom is 0.322 e. The lowest BCUT2D eigenvalue weighted by atomic mass is 9.95. The summed E-state index contributed by atoms with van der Waals surface area (Å²) < 4.78 is 0. The topological polar surface area (TPSA) is 74.8 Å². The molecule has 134 valence electrons. The third-order valence-corrected chi connectivity index (χ3v) is 3.79. The first-order valence-electron chi connectivity index (χ1n) is 8.66. The Morgan fingerprint density at radius 2 is 1.71 bits per heavy atom. The second-order valence-corrected chi connectivity index (χ2v) is 7.56. The van der Waals surface area contributed by atoms with E-state index in [0.717, 1.165) is 6.42 Å². The van der Waals surface area contributed by atoms with Crippen molar-refractivity contribution in [1.29, 1.82) is 0 Å². The van der Waals surface area contributed by atoms with E-state index in [9.17, 15) is 9.59 Å². The van der Waals surface area contributed by atoms with E-state index in [0.29, 0.717) is 5.92 Å². The number of urea groups is 1. The highest BCUT2D eigenvalue weighted by molar-refractivity contribution is 5.94. The molecule has 0 aliphatic carbocycles. The van der Waals surface area contributed by atoms with Crippen molar-refractivity contribution in [1.82, 2.24) is 10.6 Å². The molecule has 0 heterocycles.